The van der Waals surface area contributed by atoms with E-state index in [9.17, 15) is 23.3 Å². The van der Waals surface area contributed by atoms with Crippen molar-refractivity contribution in [3.8, 4) is 0 Å². The Morgan fingerprint density at radius 1 is 1.21 bits per heavy atom. The van der Waals surface area contributed by atoms with E-state index in [0.29, 0.717) is 10.5 Å². The lowest BCUT2D eigenvalue weighted by atomic mass is 10.2. The molecule has 1 aliphatic rings. The van der Waals surface area contributed by atoms with Gasteiger partial charge < -0.3 is 0 Å². The lowest BCUT2D eigenvalue weighted by molar-refractivity contribution is -0.384. The summed E-state index contributed by atoms with van der Waals surface area (Å²) in [7, 11) is -4.00. The molecular weight excluding hydrogens is 422 g/mol. The van der Waals surface area contributed by atoms with Gasteiger partial charge in [0.2, 0.25) is 0 Å². The second kappa shape index (κ2) is 7.80. The summed E-state index contributed by atoms with van der Waals surface area (Å²) in [6.07, 6.45) is 1.50. The average molecular weight is 436 g/mol. The Kier molecular flexibility index (Phi) is 5.61. The van der Waals surface area contributed by atoms with E-state index in [-0.39, 0.29) is 15.6 Å². The third-order valence-electron chi connectivity index (χ3n) is 3.72. The van der Waals surface area contributed by atoms with Crippen molar-refractivity contribution in [2.45, 2.75) is 11.8 Å². The van der Waals surface area contributed by atoms with Crippen LogP contribution in [-0.4, -0.2) is 28.6 Å². The topological polar surface area (TPSA) is 110 Å². The number of non-ortho nitro benzene ring substituents is 1. The standard InChI is InChI=1S/C17H13N3O5S3/c1-11-5-7-14(8-6-11)28(24,25)18-19-16(26)15(27-17(19)21)10-12-3-2-4-13(9-12)20(22)23/h2-10,18H,1H3/b15-10-. The first-order valence-electron chi connectivity index (χ1n) is 7.79. The summed E-state index contributed by atoms with van der Waals surface area (Å²) in [6.45, 7) is 1.82. The summed E-state index contributed by atoms with van der Waals surface area (Å²) >= 11 is 5.96. The number of nitro benzene ring substituents is 1. The Morgan fingerprint density at radius 3 is 2.54 bits per heavy atom. The first-order chi connectivity index (χ1) is 13.2. The van der Waals surface area contributed by atoms with E-state index < -0.39 is 20.2 Å². The zero-order chi connectivity index (χ0) is 20.5. The molecule has 2 aromatic rings. The van der Waals surface area contributed by atoms with E-state index >= 15 is 0 Å². The molecule has 28 heavy (non-hydrogen) atoms. The minimum Gasteiger partial charge on any atom is -0.259 e. The van der Waals surface area contributed by atoms with Gasteiger partial charge in [-0.15, -0.1) is 4.83 Å². The van der Waals surface area contributed by atoms with Crippen LogP contribution in [0.25, 0.3) is 6.08 Å². The highest BCUT2D eigenvalue weighted by molar-refractivity contribution is 8.19. The van der Waals surface area contributed by atoms with E-state index in [4.69, 9.17) is 12.2 Å². The first kappa shape index (κ1) is 20.1. The zero-order valence-electron chi connectivity index (χ0n) is 14.4. The molecule has 1 fully saturated rings. The average Bonchev–Trinajstić information content (AvgIpc) is 2.89. The van der Waals surface area contributed by atoms with Gasteiger partial charge in [0.25, 0.3) is 15.7 Å². The van der Waals surface area contributed by atoms with Gasteiger partial charge in [-0.05, 0) is 42.5 Å². The number of carbonyl (C=O) groups is 1. The molecular formula is C17H13N3O5S3. The highest BCUT2D eigenvalue weighted by Gasteiger charge is 2.35. The number of nitrogens with one attached hydrogen (secondary N) is 1. The molecule has 1 heterocycles. The molecule has 1 N–H and O–H groups in total. The Morgan fingerprint density at radius 2 is 1.89 bits per heavy atom. The normalized spacial score (nSPS) is 16.0. The van der Waals surface area contributed by atoms with Crippen molar-refractivity contribution in [2.24, 2.45) is 0 Å². The Bertz CT molecular complexity index is 1110. The van der Waals surface area contributed by atoms with Crippen LogP contribution in [0.15, 0.2) is 58.3 Å². The van der Waals surface area contributed by atoms with E-state index in [1.807, 2.05) is 6.92 Å². The number of nitro groups is 1. The lowest BCUT2D eigenvalue weighted by Gasteiger charge is -2.16. The fourth-order valence-electron chi connectivity index (χ4n) is 2.32. The number of thiocarbonyl (C=S) groups is 1. The van der Waals surface area contributed by atoms with Crippen molar-refractivity contribution in [2.75, 3.05) is 0 Å². The van der Waals surface area contributed by atoms with Gasteiger partial charge >= 0.3 is 5.24 Å². The molecule has 8 nitrogen and oxygen atoms in total. The Balaban J connectivity index is 1.85. The predicted molar refractivity (Wildman–Crippen MR) is 110 cm³/mol. The van der Waals surface area contributed by atoms with Crippen LogP contribution < -0.4 is 4.83 Å². The number of thioether (sulfide) groups is 1. The summed E-state index contributed by atoms with van der Waals surface area (Å²) in [6, 6.07) is 11.9. The van der Waals surface area contributed by atoms with Crippen molar-refractivity contribution < 1.29 is 18.1 Å². The van der Waals surface area contributed by atoms with E-state index in [2.05, 4.69) is 4.83 Å². The predicted octanol–water partition coefficient (Wildman–Crippen LogP) is 3.63. The molecule has 0 aromatic heterocycles. The van der Waals surface area contributed by atoms with Gasteiger partial charge in [-0.3, -0.25) is 14.9 Å². The highest BCUT2D eigenvalue weighted by Crippen LogP contribution is 2.33. The van der Waals surface area contributed by atoms with Gasteiger partial charge in [0.1, 0.15) is 4.99 Å². The number of nitrogens with zero attached hydrogens (tertiary/aromatic N) is 2. The number of hydrazine groups is 1. The maximum Gasteiger partial charge on any atom is 0.307 e. The minimum absolute atomic E-state index is 0.00480. The van der Waals surface area contributed by atoms with Crippen LogP contribution >= 0.6 is 24.0 Å². The smallest absolute Gasteiger partial charge is 0.259 e. The molecule has 11 heteroatoms. The van der Waals surface area contributed by atoms with Gasteiger partial charge in [-0.25, -0.2) is 13.4 Å². The lowest BCUT2D eigenvalue weighted by Crippen LogP contribution is -2.44. The summed E-state index contributed by atoms with van der Waals surface area (Å²) in [5, 5.41) is 11.0. The van der Waals surface area contributed by atoms with Crippen LogP contribution in [0, 0.1) is 17.0 Å². The molecule has 3 rings (SSSR count). The van der Waals surface area contributed by atoms with Crippen LogP contribution in [0.1, 0.15) is 11.1 Å². The molecule has 0 aliphatic carbocycles. The molecule has 0 radical (unpaired) electrons. The van der Waals surface area contributed by atoms with Crippen molar-refractivity contribution in [1.29, 1.82) is 0 Å². The fraction of sp³-hybridized carbons (Fsp3) is 0.0588. The van der Waals surface area contributed by atoms with Gasteiger partial charge in [-0.1, -0.05) is 42.0 Å². The summed E-state index contributed by atoms with van der Waals surface area (Å²) < 4.78 is 25.0. The number of carbonyl (C=O) groups excluding carboxylic acids is 1. The van der Waals surface area contributed by atoms with Gasteiger partial charge in [0.05, 0.1) is 14.7 Å². The highest BCUT2D eigenvalue weighted by atomic mass is 32.2. The van der Waals surface area contributed by atoms with Crippen molar-refractivity contribution in [3.63, 3.8) is 0 Å². The number of hydrogen-bond acceptors (Lipinski definition) is 7. The molecule has 0 bridgehead atoms. The van der Waals surface area contributed by atoms with Crippen molar-refractivity contribution >= 4 is 56.0 Å². The molecule has 1 amide bonds. The quantitative estimate of drug-likeness (QED) is 0.330. The second-order valence-corrected chi connectivity index (χ2v) is 8.82. The maximum absolute atomic E-state index is 12.5. The van der Waals surface area contributed by atoms with Crippen molar-refractivity contribution in [3.05, 3.63) is 74.7 Å². The number of aryl methyl sites for hydroxylation is 1. The molecule has 0 saturated carbocycles. The van der Waals surface area contributed by atoms with E-state index in [1.165, 1.54) is 36.4 Å². The monoisotopic (exact) mass is 435 g/mol. The maximum atomic E-state index is 12.5. The van der Waals surface area contributed by atoms with E-state index in [0.717, 1.165) is 22.3 Å². The van der Waals surface area contributed by atoms with Crippen LogP contribution in [0.2, 0.25) is 0 Å². The minimum atomic E-state index is -4.00. The van der Waals surface area contributed by atoms with Crippen LogP contribution in [0.3, 0.4) is 0 Å². The number of hydrogen-bond donors (Lipinski definition) is 1. The molecule has 1 aliphatic heterocycles. The fourth-order valence-corrected chi connectivity index (χ4v) is 4.61. The van der Waals surface area contributed by atoms with Crippen molar-refractivity contribution in [1.82, 2.24) is 9.84 Å². The van der Waals surface area contributed by atoms with Gasteiger partial charge in [0, 0.05) is 12.1 Å². The molecule has 0 unspecified atom stereocenters. The summed E-state index contributed by atoms with van der Waals surface area (Å²) in [5.74, 6) is 0. The third kappa shape index (κ3) is 4.28. The SMILES string of the molecule is Cc1ccc(S(=O)(=O)NN2C(=O)S/C(=C\c3cccc([N+](=O)[O-])c3)C2=S)cc1. The molecule has 0 spiro atoms. The van der Waals surface area contributed by atoms with Gasteiger partial charge in [0.15, 0.2) is 0 Å². The molecule has 2 aromatic carbocycles. The van der Waals surface area contributed by atoms with Crippen LogP contribution in [0.4, 0.5) is 10.5 Å². The first-order valence-corrected chi connectivity index (χ1v) is 10.5. The summed E-state index contributed by atoms with van der Waals surface area (Å²) in [5.41, 5.74) is 1.26. The second-order valence-electron chi connectivity index (χ2n) is 5.78. The van der Waals surface area contributed by atoms with E-state index in [1.54, 1.807) is 18.2 Å². The summed E-state index contributed by atoms with van der Waals surface area (Å²) in [4.78, 5) is 25.1. The zero-order valence-corrected chi connectivity index (χ0v) is 16.8. The largest absolute Gasteiger partial charge is 0.307 e. The number of sulfonamides is 1. The van der Waals surface area contributed by atoms with Crippen LogP contribution in [-0.2, 0) is 10.0 Å². The number of benzene rings is 2. The van der Waals surface area contributed by atoms with Crippen LogP contribution in [0.5, 0.6) is 0 Å². The van der Waals surface area contributed by atoms with Gasteiger partial charge in [-0.2, -0.15) is 0 Å². The molecule has 1 saturated heterocycles. The Hall–Kier alpha value is -2.60. The molecule has 0 atom stereocenters. The molecule has 144 valence electrons. The number of amides is 1. The number of rotatable bonds is 5. The Labute approximate surface area is 170 Å². The third-order valence-corrected chi connectivity index (χ3v) is 6.45.